The van der Waals surface area contributed by atoms with Crippen molar-refractivity contribution in [1.29, 1.82) is 0 Å². The molecule has 0 aromatic heterocycles. The molecule has 1 aromatic carbocycles. The first-order chi connectivity index (χ1) is 10.1. The first kappa shape index (κ1) is 17.6. The van der Waals surface area contributed by atoms with Gasteiger partial charge < -0.3 is 10.2 Å². The van der Waals surface area contributed by atoms with Crippen molar-refractivity contribution in [3.05, 3.63) is 34.4 Å². The number of hydrogen-bond acceptors (Lipinski definition) is 4. The third-order valence-corrected chi connectivity index (χ3v) is 3.21. The van der Waals surface area contributed by atoms with E-state index in [2.05, 4.69) is 0 Å². The predicted molar refractivity (Wildman–Crippen MR) is 78.7 cm³/mol. The van der Waals surface area contributed by atoms with E-state index in [1.165, 1.54) is 6.07 Å². The second-order valence-electron chi connectivity index (χ2n) is 5.56. The number of carboxylic acid groups (broad SMARTS) is 2. The van der Waals surface area contributed by atoms with E-state index < -0.39 is 46.5 Å². The number of carboxylic acids is 2. The summed E-state index contributed by atoms with van der Waals surface area (Å²) in [6.07, 6.45) is 0. The third kappa shape index (κ3) is 3.21. The molecular weight excluding hydrogens is 288 g/mol. The van der Waals surface area contributed by atoms with Crippen LogP contribution in [0.5, 0.6) is 0 Å². The van der Waals surface area contributed by atoms with Gasteiger partial charge in [-0.1, -0.05) is 27.7 Å². The highest BCUT2D eigenvalue weighted by atomic mass is 16.4. The van der Waals surface area contributed by atoms with E-state index in [1.807, 2.05) is 0 Å². The Balaban J connectivity index is 3.85. The molecule has 0 radical (unpaired) electrons. The average Bonchev–Trinajstić information content (AvgIpc) is 2.43. The monoisotopic (exact) mass is 306 g/mol. The van der Waals surface area contributed by atoms with Crippen molar-refractivity contribution < 1.29 is 29.4 Å². The largest absolute Gasteiger partial charge is 0.478 e. The molecule has 0 aliphatic carbocycles. The molecule has 0 unspecified atom stereocenters. The van der Waals surface area contributed by atoms with Crippen LogP contribution in [0.25, 0.3) is 0 Å². The second kappa shape index (κ2) is 6.51. The minimum atomic E-state index is -1.54. The maximum absolute atomic E-state index is 12.4. The van der Waals surface area contributed by atoms with Gasteiger partial charge in [0.05, 0.1) is 11.1 Å². The van der Waals surface area contributed by atoms with Gasteiger partial charge in [-0.05, 0) is 12.1 Å². The Morgan fingerprint density at radius 1 is 0.727 bits per heavy atom. The zero-order chi connectivity index (χ0) is 17.2. The maximum Gasteiger partial charge on any atom is 0.337 e. The first-order valence-electron chi connectivity index (χ1n) is 6.81. The van der Waals surface area contributed by atoms with Crippen LogP contribution in [-0.4, -0.2) is 33.7 Å². The summed E-state index contributed by atoms with van der Waals surface area (Å²) in [5, 5.41) is 18.5. The van der Waals surface area contributed by atoms with Gasteiger partial charge >= 0.3 is 11.9 Å². The third-order valence-electron chi connectivity index (χ3n) is 3.21. The molecule has 0 amide bonds. The fraction of sp³-hybridized carbons (Fsp3) is 0.375. The summed E-state index contributed by atoms with van der Waals surface area (Å²) in [6.45, 7) is 6.37. The quantitative estimate of drug-likeness (QED) is 0.782. The van der Waals surface area contributed by atoms with Crippen molar-refractivity contribution in [2.75, 3.05) is 0 Å². The molecule has 0 aliphatic rings. The van der Waals surface area contributed by atoms with Crippen LogP contribution in [0, 0.1) is 11.8 Å². The summed E-state index contributed by atoms with van der Waals surface area (Å²) < 4.78 is 0. The van der Waals surface area contributed by atoms with Crippen molar-refractivity contribution >= 4 is 23.5 Å². The molecule has 1 rings (SSSR count). The van der Waals surface area contributed by atoms with E-state index in [1.54, 1.807) is 27.7 Å². The number of carbonyl (C=O) groups is 4. The highest BCUT2D eigenvalue weighted by Gasteiger charge is 2.30. The number of rotatable bonds is 6. The molecule has 6 nitrogen and oxygen atoms in total. The number of ketones is 2. The smallest absolute Gasteiger partial charge is 0.337 e. The zero-order valence-corrected chi connectivity index (χ0v) is 12.8. The van der Waals surface area contributed by atoms with Crippen LogP contribution in [0.4, 0.5) is 0 Å². The number of Topliss-reactive ketones (excluding diaryl/α,β-unsaturated/α-hetero) is 2. The molecule has 0 bridgehead atoms. The molecular formula is C16H18O6. The summed E-state index contributed by atoms with van der Waals surface area (Å²) in [7, 11) is 0. The van der Waals surface area contributed by atoms with Crippen molar-refractivity contribution in [1.82, 2.24) is 0 Å². The predicted octanol–water partition coefficient (Wildman–Crippen LogP) is 2.76. The van der Waals surface area contributed by atoms with Gasteiger partial charge in [-0.25, -0.2) is 9.59 Å². The van der Waals surface area contributed by atoms with E-state index in [0.29, 0.717) is 0 Å². The molecule has 2 N–H and O–H groups in total. The number of carbonyl (C=O) groups excluding carboxylic acids is 2. The minimum Gasteiger partial charge on any atom is -0.478 e. The summed E-state index contributed by atoms with van der Waals surface area (Å²) >= 11 is 0. The van der Waals surface area contributed by atoms with E-state index in [4.69, 9.17) is 5.11 Å². The Bertz CT molecular complexity index is 655. The van der Waals surface area contributed by atoms with Gasteiger partial charge in [0.2, 0.25) is 0 Å². The van der Waals surface area contributed by atoms with E-state index in [-0.39, 0.29) is 11.1 Å². The lowest BCUT2D eigenvalue weighted by Crippen LogP contribution is -2.23. The Hall–Kier alpha value is -2.50. The lowest BCUT2D eigenvalue weighted by molar-refractivity contribution is 0.0648. The fourth-order valence-electron chi connectivity index (χ4n) is 2.06. The molecule has 0 atom stereocenters. The lowest BCUT2D eigenvalue weighted by atomic mass is 9.85. The highest BCUT2D eigenvalue weighted by molar-refractivity contribution is 6.18. The molecule has 0 saturated heterocycles. The molecule has 1 aromatic rings. The minimum absolute atomic E-state index is 0.0453. The Morgan fingerprint density at radius 2 is 1.18 bits per heavy atom. The lowest BCUT2D eigenvalue weighted by Gasteiger charge is -2.16. The van der Waals surface area contributed by atoms with Gasteiger partial charge in [0.25, 0.3) is 0 Å². The Kier molecular flexibility index (Phi) is 5.19. The summed E-state index contributed by atoms with van der Waals surface area (Å²) in [4.78, 5) is 47.4. The molecule has 22 heavy (non-hydrogen) atoms. The van der Waals surface area contributed by atoms with E-state index >= 15 is 0 Å². The Labute approximate surface area is 127 Å². The van der Waals surface area contributed by atoms with Gasteiger partial charge in [-0.15, -0.1) is 0 Å². The number of hydrogen-bond donors (Lipinski definition) is 2. The number of aromatic carboxylic acids is 2. The van der Waals surface area contributed by atoms with Crippen LogP contribution in [0.1, 0.15) is 69.1 Å². The van der Waals surface area contributed by atoms with Crippen molar-refractivity contribution in [2.45, 2.75) is 27.7 Å². The topological polar surface area (TPSA) is 109 Å². The van der Waals surface area contributed by atoms with Crippen LogP contribution >= 0.6 is 0 Å². The maximum atomic E-state index is 12.4. The molecule has 0 saturated carbocycles. The van der Waals surface area contributed by atoms with E-state index in [0.717, 1.165) is 6.07 Å². The van der Waals surface area contributed by atoms with E-state index in [9.17, 15) is 24.3 Å². The summed E-state index contributed by atoms with van der Waals surface area (Å²) in [6, 6.07) is 2.27. The molecule has 0 spiro atoms. The van der Waals surface area contributed by atoms with Gasteiger partial charge in [0.15, 0.2) is 11.6 Å². The van der Waals surface area contributed by atoms with Crippen LogP contribution < -0.4 is 0 Å². The average molecular weight is 306 g/mol. The molecule has 6 heteroatoms. The van der Waals surface area contributed by atoms with Gasteiger partial charge in [-0.3, -0.25) is 9.59 Å². The normalized spacial score (nSPS) is 10.8. The molecule has 0 fully saturated rings. The fourth-order valence-corrected chi connectivity index (χ4v) is 2.06. The SMILES string of the molecule is CC(C)C(=O)c1ccc(C(=O)O)c(C(=O)O)c1C(=O)C(C)C. The molecule has 118 valence electrons. The van der Waals surface area contributed by atoms with Gasteiger partial charge in [-0.2, -0.15) is 0 Å². The van der Waals surface area contributed by atoms with Gasteiger partial charge in [0, 0.05) is 23.0 Å². The molecule has 0 heterocycles. The number of benzene rings is 1. The van der Waals surface area contributed by atoms with Crippen LogP contribution in [-0.2, 0) is 0 Å². The van der Waals surface area contributed by atoms with Crippen LogP contribution in [0.2, 0.25) is 0 Å². The summed E-state index contributed by atoms with van der Waals surface area (Å²) in [5.74, 6) is -4.98. The summed E-state index contributed by atoms with van der Waals surface area (Å²) in [5.41, 5.74) is -1.49. The highest BCUT2D eigenvalue weighted by Crippen LogP contribution is 2.25. The second-order valence-corrected chi connectivity index (χ2v) is 5.56. The van der Waals surface area contributed by atoms with Gasteiger partial charge in [0.1, 0.15) is 0 Å². The Morgan fingerprint density at radius 3 is 1.55 bits per heavy atom. The van der Waals surface area contributed by atoms with Crippen molar-refractivity contribution in [3.8, 4) is 0 Å². The van der Waals surface area contributed by atoms with Crippen LogP contribution in [0.3, 0.4) is 0 Å². The van der Waals surface area contributed by atoms with Crippen molar-refractivity contribution in [3.63, 3.8) is 0 Å². The first-order valence-corrected chi connectivity index (χ1v) is 6.81. The standard InChI is InChI=1S/C16H18O6/c1-7(2)13(17)9-5-6-10(15(19)20)12(16(21)22)11(9)14(18)8(3)4/h5-8H,1-4H3,(H,19,20)(H,21,22). The molecule has 0 aliphatic heterocycles. The van der Waals surface area contributed by atoms with Crippen LogP contribution in [0.15, 0.2) is 12.1 Å². The van der Waals surface area contributed by atoms with Crippen molar-refractivity contribution in [2.24, 2.45) is 11.8 Å². The zero-order valence-electron chi connectivity index (χ0n) is 12.8.